The van der Waals surface area contributed by atoms with Crippen LogP contribution in [0, 0.1) is 0 Å². The van der Waals surface area contributed by atoms with Crippen molar-refractivity contribution in [1.29, 1.82) is 0 Å². The first kappa shape index (κ1) is 32.3. The quantitative estimate of drug-likeness (QED) is 0.181. The molecule has 6 aromatic carbocycles. The molecule has 0 saturated heterocycles. The van der Waals surface area contributed by atoms with Crippen LogP contribution >= 0.6 is 0 Å². The van der Waals surface area contributed by atoms with Gasteiger partial charge in [-0.2, -0.15) is 0 Å². The highest BCUT2D eigenvalue weighted by atomic mass is 15.0. The van der Waals surface area contributed by atoms with Gasteiger partial charge in [0.05, 0.1) is 22.4 Å². The largest absolute Gasteiger partial charge is 0.309 e. The minimum atomic E-state index is -0.235. The summed E-state index contributed by atoms with van der Waals surface area (Å²) in [6.07, 6.45) is 9.50. The van der Waals surface area contributed by atoms with Crippen LogP contribution < -0.4 is 0 Å². The van der Waals surface area contributed by atoms with E-state index in [0.717, 1.165) is 56.9 Å². The fraction of sp³-hybridized carbons (Fsp3) is 0.0800. The molecule has 0 aliphatic heterocycles. The van der Waals surface area contributed by atoms with Gasteiger partial charge in [0.25, 0.3) is 0 Å². The summed E-state index contributed by atoms with van der Waals surface area (Å²) in [5, 5.41) is 2.44. The second-order valence-corrected chi connectivity index (χ2v) is 14.3. The SMILES string of the molecule is C=C1/C=C\C=C/Cc2cc3c4cc(-c5ccccc5-c5nc(-c6ccccc6)cc(-c6ccccc6)n5)ccc4n(-c4ccccc4)c3cc2C1(C)C. The lowest BCUT2D eigenvalue weighted by molar-refractivity contribution is 0.636. The number of fused-ring (bicyclic) bond motifs is 4. The number of aromatic nitrogens is 3. The third-order valence-electron chi connectivity index (χ3n) is 10.7. The van der Waals surface area contributed by atoms with Gasteiger partial charge in [0.2, 0.25) is 0 Å². The summed E-state index contributed by atoms with van der Waals surface area (Å²) in [6, 6.07) is 53.8. The Balaban J connectivity index is 1.27. The minimum absolute atomic E-state index is 0.235. The zero-order chi connectivity index (χ0) is 35.9. The first-order chi connectivity index (χ1) is 26.0. The number of para-hydroxylation sites is 1. The van der Waals surface area contributed by atoms with E-state index in [1.165, 1.54) is 32.9 Å². The zero-order valence-corrected chi connectivity index (χ0v) is 30.0. The van der Waals surface area contributed by atoms with Gasteiger partial charge in [-0.05, 0) is 76.7 Å². The standard InChI is InChI=1S/C50H39N3/c1-34-18-8-4-13-23-38-31-43-42-30-37(28-29-47(42)53(39-24-14-7-15-25-39)48(43)32-44(38)50(34,2)3)40-26-16-17-27-41(40)49-51-45(35-19-9-5-10-20-35)33-46(52-49)36-21-11-6-12-22-36/h4-22,24-33H,1,23H2,2-3H3/b13-4-,18-8-. The molecule has 254 valence electrons. The first-order valence-corrected chi connectivity index (χ1v) is 18.2. The molecule has 2 heterocycles. The Hall–Kier alpha value is -6.58. The maximum Gasteiger partial charge on any atom is 0.161 e. The van der Waals surface area contributed by atoms with Crippen LogP contribution in [-0.4, -0.2) is 14.5 Å². The maximum atomic E-state index is 5.20. The van der Waals surface area contributed by atoms with Crippen molar-refractivity contribution in [1.82, 2.24) is 14.5 Å². The Labute approximate surface area is 311 Å². The van der Waals surface area contributed by atoms with E-state index in [1.54, 1.807) is 0 Å². The molecule has 8 aromatic rings. The Morgan fingerprint density at radius 2 is 1.17 bits per heavy atom. The average molecular weight is 682 g/mol. The summed E-state index contributed by atoms with van der Waals surface area (Å²) < 4.78 is 2.41. The highest BCUT2D eigenvalue weighted by molar-refractivity contribution is 6.11. The van der Waals surface area contributed by atoms with Crippen molar-refractivity contribution in [2.75, 3.05) is 0 Å². The number of rotatable bonds is 5. The minimum Gasteiger partial charge on any atom is -0.309 e. The van der Waals surface area contributed by atoms with Crippen LogP contribution in [0.25, 0.3) is 72.5 Å². The number of allylic oxidation sites excluding steroid dienone is 5. The highest BCUT2D eigenvalue weighted by Crippen LogP contribution is 2.42. The highest BCUT2D eigenvalue weighted by Gasteiger charge is 2.28. The summed E-state index contributed by atoms with van der Waals surface area (Å²) in [5.41, 5.74) is 14.1. The van der Waals surface area contributed by atoms with Crippen LogP contribution in [0.15, 0.2) is 188 Å². The summed E-state index contributed by atoms with van der Waals surface area (Å²) in [4.78, 5) is 10.4. The van der Waals surface area contributed by atoms with Crippen LogP contribution in [0.2, 0.25) is 0 Å². The normalized spacial score (nSPS) is 15.0. The summed E-state index contributed by atoms with van der Waals surface area (Å²) in [6.45, 7) is 9.08. The number of hydrogen-bond acceptors (Lipinski definition) is 2. The molecular formula is C50H39N3. The molecule has 9 rings (SSSR count). The molecule has 2 aromatic heterocycles. The monoisotopic (exact) mass is 681 g/mol. The van der Waals surface area contributed by atoms with Gasteiger partial charge >= 0.3 is 0 Å². The molecular weight excluding hydrogens is 643 g/mol. The van der Waals surface area contributed by atoms with E-state index in [2.05, 4.69) is 189 Å². The molecule has 0 radical (unpaired) electrons. The summed E-state index contributed by atoms with van der Waals surface area (Å²) in [5.74, 6) is 0.702. The average Bonchev–Trinajstić information content (AvgIpc) is 3.55. The second-order valence-electron chi connectivity index (χ2n) is 14.3. The van der Waals surface area contributed by atoms with Crippen molar-refractivity contribution < 1.29 is 0 Å². The number of nitrogens with zero attached hydrogens (tertiary/aromatic N) is 3. The van der Waals surface area contributed by atoms with Gasteiger partial charge in [0.15, 0.2) is 5.82 Å². The molecule has 1 aliphatic carbocycles. The van der Waals surface area contributed by atoms with Crippen molar-refractivity contribution in [3.05, 3.63) is 199 Å². The molecule has 0 fully saturated rings. The molecule has 3 heteroatoms. The van der Waals surface area contributed by atoms with Gasteiger partial charge < -0.3 is 4.57 Å². The van der Waals surface area contributed by atoms with Gasteiger partial charge in [0, 0.05) is 38.6 Å². The molecule has 0 bridgehead atoms. The number of hydrogen-bond donors (Lipinski definition) is 0. The smallest absolute Gasteiger partial charge is 0.161 e. The molecule has 0 atom stereocenters. The van der Waals surface area contributed by atoms with Crippen molar-refractivity contribution in [2.24, 2.45) is 0 Å². The van der Waals surface area contributed by atoms with E-state index >= 15 is 0 Å². The predicted molar refractivity (Wildman–Crippen MR) is 222 cm³/mol. The lowest BCUT2D eigenvalue weighted by atomic mass is 9.75. The maximum absolute atomic E-state index is 5.20. The van der Waals surface area contributed by atoms with Gasteiger partial charge in [-0.15, -0.1) is 0 Å². The third-order valence-corrected chi connectivity index (χ3v) is 10.7. The molecule has 53 heavy (non-hydrogen) atoms. The fourth-order valence-corrected chi connectivity index (χ4v) is 7.72. The van der Waals surface area contributed by atoms with E-state index in [0.29, 0.717) is 5.82 Å². The number of benzene rings is 6. The van der Waals surface area contributed by atoms with Crippen molar-refractivity contribution in [2.45, 2.75) is 25.7 Å². The van der Waals surface area contributed by atoms with Gasteiger partial charge in [-0.25, -0.2) is 9.97 Å². The molecule has 0 spiro atoms. The van der Waals surface area contributed by atoms with Gasteiger partial charge in [0.1, 0.15) is 0 Å². The Morgan fingerprint density at radius 3 is 1.85 bits per heavy atom. The molecule has 0 unspecified atom stereocenters. The van der Waals surface area contributed by atoms with Gasteiger partial charge in [-0.1, -0.05) is 154 Å². The van der Waals surface area contributed by atoms with E-state index < -0.39 is 0 Å². The molecule has 0 amide bonds. The first-order valence-electron chi connectivity index (χ1n) is 18.2. The van der Waals surface area contributed by atoms with E-state index in [4.69, 9.17) is 9.97 Å². The van der Waals surface area contributed by atoms with Crippen LogP contribution in [0.5, 0.6) is 0 Å². The topological polar surface area (TPSA) is 30.7 Å². The lowest BCUT2D eigenvalue weighted by Crippen LogP contribution is -2.20. The van der Waals surface area contributed by atoms with E-state index in [-0.39, 0.29) is 5.41 Å². The second kappa shape index (κ2) is 13.2. The van der Waals surface area contributed by atoms with Crippen molar-refractivity contribution >= 4 is 21.8 Å². The summed E-state index contributed by atoms with van der Waals surface area (Å²) >= 11 is 0. The Kier molecular flexibility index (Phi) is 8.05. The van der Waals surface area contributed by atoms with Crippen LogP contribution in [0.1, 0.15) is 25.0 Å². The van der Waals surface area contributed by atoms with E-state index in [9.17, 15) is 0 Å². The fourth-order valence-electron chi connectivity index (χ4n) is 7.72. The van der Waals surface area contributed by atoms with Crippen molar-refractivity contribution in [3.63, 3.8) is 0 Å². The van der Waals surface area contributed by atoms with Crippen molar-refractivity contribution in [3.8, 4) is 50.7 Å². The lowest BCUT2D eigenvalue weighted by Gasteiger charge is -2.29. The predicted octanol–water partition coefficient (Wildman–Crippen LogP) is 12.7. The molecule has 0 saturated carbocycles. The van der Waals surface area contributed by atoms with Crippen LogP contribution in [-0.2, 0) is 11.8 Å². The molecule has 1 aliphatic rings. The molecule has 0 N–H and O–H groups in total. The third kappa shape index (κ3) is 5.81. The Bertz CT molecular complexity index is 2660. The van der Waals surface area contributed by atoms with Crippen LogP contribution in [0.3, 0.4) is 0 Å². The van der Waals surface area contributed by atoms with Crippen LogP contribution in [0.4, 0.5) is 0 Å². The Morgan fingerprint density at radius 1 is 0.566 bits per heavy atom. The molecule has 3 nitrogen and oxygen atoms in total. The van der Waals surface area contributed by atoms with E-state index in [1.807, 2.05) is 12.1 Å². The van der Waals surface area contributed by atoms with Gasteiger partial charge in [-0.3, -0.25) is 0 Å². The zero-order valence-electron chi connectivity index (χ0n) is 30.0. The summed E-state index contributed by atoms with van der Waals surface area (Å²) in [7, 11) is 0.